The largest absolute Gasteiger partial charge is 0.481 e. The van der Waals surface area contributed by atoms with Gasteiger partial charge in [-0.3, -0.25) is 9.59 Å². The Morgan fingerprint density at radius 1 is 1.35 bits per heavy atom. The van der Waals surface area contributed by atoms with Gasteiger partial charge in [-0.1, -0.05) is 6.07 Å². The topological polar surface area (TPSA) is 57.6 Å². The molecule has 20 heavy (non-hydrogen) atoms. The van der Waals surface area contributed by atoms with Crippen LogP contribution in [-0.2, 0) is 9.59 Å². The minimum atomic E-state index is -0.989. The van der Waals surface area contributed by atoms with Crippen molar-refractivity contribution in [1.29, 1.82) is 0 Å². The molecule has 0 aromatic heterocycles. The molecule has 0 saturated heterocycles. The first-order valence-corrected chi connectivity index (χ1v) is 6.32. The lowest BCUT2D eigenvalue weighted by Crippen LogP contribution is -2.30. The van der Waals surface area contributed by atoms with Crippen molar-refractivity contribution in [2.75, 3.05) is 13.6 Å². The number of nitrogens with zero attached hydrogens (tertiary/aromatic N) is 1. The molecule has 1 saturated carbocycles. The Balaban J connectivity index is 2.01. The molecule has 6 heteroatoms. The average Bonchev–Trinajstić information content (AvgIpc) is 3.15. The molecule has 1 N–H and O–H groups in total. The second-order valence-electron chi connectivity index (χ2n) is 4.99. The molecule has 0 radical (unpaired) electrons. The van der Waals surface area contributed by atoms with Gasteiger partial charge in [0.1, 0.15) is 11.6 Å². The monoisotopic (exact) mass is 283 g/mol. The number of aliphatic carboxylic acids is 1. The number of amides is 1. The molecule has 2 atom stereocenters. The Morgan fingerprint density at radius 3 is 2.50 bits per heavy atom. The van der Waals surface area contributed by atoms with Crippen LogP contribution < -0.4 is 0 Å². The highest BCUT2D eigenvalue weighted by atomic mass is 19.1. The summed E-state index contributed by atoms with van der Waals surface area (Å²) in [5.74, 6) is -3.44. The second-order valence-corrected chi connectivity index (χ2v) is 4.99. The number of carboxylic acid groups (broad SMARTS) is 1. The van der Waals surface area contributed by atoms with Crippen molar-refractivity contribution in [1.82, 2.24) is 4.90 Å². The number of rotatable bonds is 5. The molecule has 0 bridgehead atoms. The van der Waals surface area contributed by atoms with E-state index in [1.54, 1.807) is 0 Å². The van der Waals surface area contributed by atoms with Crippen molar-refractivity contribution < 1.29 is 23.5 Å². The van der Waals surface area contributed by atoms with Crippen LogP contribution in [0.15, 0.2) is 18.2 Å². The number of hydrogen-bond donors (Lipinski definition) is 1. The highest BCUT2D eigenvalue weighted by Crippen LogP contribution is 2.49. The summed E-state index contributed by atoms with van der Waals surface area (Å²) in [5.41, 5.74) is -0.0440. The van der Waals surface area contributed by atoms with Gasteiger partial charge < -0.3 is 10.0 Å². The standard InChI is InChI=1S/C14H15F2NO3/c1-17(6-5-12(18)19)14(20)9-7-8(9)13-10(15)3-2-4-11(13)16/h2-4,8-9H,5-7H2,1H3,(H,18,19). The number of carbonyl (C=O) groups excluding carboxylic acids is 1. The van der Waals surface area contributed by atoms with Crippen molar-refractivity contribution in [2.45, 2.75) is 18.8 Å². The molecule has 1 amide bonds. The van der Waals surface area contributed by atoms with Crippen LogP contribution in [0.4, 0.5) is 8.78 Å². The molecule has 2 rings (SSSR count). The van der Waals surface area contributed by atoms with Crippen molar-refractivity contribution >= 4 is 11.9 Å². The quantitative estimate of drug-likeness (QED) is 0.899. The lowest BCUT2D eigenvalue weighted by Gasteiger charge is -2.16. The Morgan fingerprint density at radius 2 is 1.95 bits per heavy atom. The summed E-state index contributed by atoms with van der Waals surface area (Å²) in [7, 11) is 1.50. The summed E-state index contributed by atoms with van der Waals surface area (Å²) in [6.45, 7) is 0.0944. The minimum Gasteiger partial charge on any atom is -0.481 e. The Kier molecular flexibility index (Phi) is 4.01. The fourth-order valence-corrected chi connectivity index (χ4v) is 2.31. The van der Waals surface area contributed by atoms with Gasteiger partial charge in [0.15, 0.2) is 0 Å². The number of carbonyl (C=O) groups is 2. The molecule has 0 aliphatic heterocycles. The average molecular weight is 283 g/mol. The zero-order valence-corrected chi connectivity index (χ0v) is 11.0. The Bertz CT molecular complexity index is 527. The third-order valence-electron chi connectivity index (χ3n) is 3.52. The van der Waals surface area contributed by atoms with Crippen LogP contribution in [0.2, 0.25) is 0 Å². The third-order valence-corrected chi connectivity index (χ3v) is 3.52. The summed E-state index contributed by atoms with van der Waals surface area (Å²) in [4.78, 5) is 23.8. The fourth-order valence-electron chi connectivity index (χ4n) is 2.31. The Labute approximate surface area is 115 Å². The van der Waals surface area contributed by atoms with Gasteiger partial charge in [0.25, 0.3) is 0 Å². The van der Waals surface area contributed by atoms with Crippen molar-refractivity contribution in [3.8, 4) is 0 Å². The van der Waals surface area contributed by atoms with E-state index in [1.165, 1.54) is 30.1 Å². The number of carboxylic acids is 1. The zero-order chi connectivity index (χ0) is 14.9. The maximum absolute atomic E-state index is 13.6. The molecular formula is C14H15F2NO3. The van der Waals surface area contributed by atoms with Gasteiger partial charge in [0.2, 0.25) is 5.91 Å². The summed E-state index contributed by atoms with van der Waals surface area (Å²) < 4.78 is 27.2. The SMILES string of the molecule is CN(CCC(=O)O)C(=O)C1CC1c1c(F)cccc1F. The highest BCUT2D eigenvalue weighted by Gasteiger charge is 2.47. The van der Waals surface area contributed by atoms with Crippen LogP contribution in [0, 0.1) is 17.6 Å². The minimum absolute atomic E-state index is 0.0440. The lowest BCUT2D eigenvalue weighted by molar-refractivity contribution is -0.138. The molecule has 1 aromatic rings. The van der Waals surface area contributed by atoms with E-state index in [2.05, 4.69) is 0 Å². The first-order chi connectivity index (χ1) is 9.41. The number of hydrogen-bond acceptors (Lipinski definition) is 2. The van der Waals surface area contributed by atoms with E-state index in [0.717, 1.165) is 0 Å². The van der Waals surface area contributed by atoms with E-state index in [4.69, 9.17) is 5.11 Å². The maximum Gasteiger partial charge on any atom is 0.305 e. The van der Waals surface area contributed by atoms with Crippen molar-refractivity contribution in [3.05, 3.63) is 35.4 Å². The highest BCUT2D eigenvalue weighted by molar-refractivity contribution is 5.83. The van der Waals surface area contributed by atoms with Gasteiger partial charge in [0, 0.05) is 31.0 Å². The molecule has 1 aliphatic carbocycles. The van der Waals surface area contributed by atoms with Gasteiger partial charge >= 0.3 is 5.97 Å². The van der Waals surface area contributed by atoms with E-state index >= 15 is 0 Å². The van der Waals surface area contributed by atoms with E-state index < -0.39 is 29.4 Å². The summed E-state index contributed by atoms with van der Waals surface area (Å²) >= 11 is 0. The molecule has 1 aromatic carbocycles. The van der Waals surface area contributed by atoms with Gasteiger partial charge in [-0.25, -0.2) is 8.78 Å². The molecule has 0 spiro atoms. The number of benzene rings is 1. The van der Waals surface area contributed by atoms with E-state index in [9.17, 15) is 18.4 Å². The maximum atomic E-state index is 13.6. The second kappa shape index (κ2) is 5.56. The summed E-state index contributed by atoms with van der Waals surface area (Å²) in [6.07, 6.45) is 0.252. The van der Waals surface area contributed by atoms with Gasteiger partial charge in [-0.15, -0.1) is 0 Å². The van der Waals surface area contributed by atoms with Crippen LogP contribution in [0.1, 0.15) is 24.3 Å². The van der Waals surface area contributed by atoms with Crippen LogP contribution in [0.5, 0.6) is 0 Å². The van der Waals surface area contributed by atoms with Crippen LogP contribution in [0.3, 0.4) is 0 Å². The predicted octanol–water partition coefficient (Wildman–Crippen LogP) is 2.00. The molecule has 0 heterocycles. The smallest absolute Gasteiger partial charge is 0.305 e. The first-order valence-electron chi connectivity index (χ1n) is 6.32. The first kappa shape index (κ1) is 14.4. The van der Waals surface area contributed by atoms with Crippen LogP contribution in [-0.4, -0.2) is 35.5 Å². The van der Waals surface area contributed by atoms with Crippen molar-refractivity contribution in [2.24, 2.45) is 5.92 Å². The van der Waals surface area contributed by atoms with Gasteiger partial charge in [0.05, 0.1) is 6.42 Å². The Hall–Kier alpha value is -1.98. The van der Waals surface area contributed by atoms with E-state index in [1.807, 2.05) is 0 Å². The molecule has 2 unspecified atom stereocenters. The normalized spacial score (nSPS) is 20.6. The predicted molar refractivity (Wildman–Crippen MR) is 67.1 cm³/mol. The van der Waals surface area contributed by atoms with E-state index in [0.29, 0.717) is 6.42 Å². The van der Waals surface area contributed by atoms with Gasteiger partial charge in [-0.05, 0) is 18.6 Å². The fraction of sp³-hybridized carbons (Fsp3) is 0.429. The third kappa shape index (κ3) is 2.95. The molecule has 1 fully saturated rings. The summed E-state index contributed by atoms with van der Waals surface area (Å²) in [5, 5.41) is 8.56. The molecule has 1 aliphatic rings. The van der Waals surface area contributed by atoms with Crippen LogP contribution in [0.25, 0.3) is 0 Å². The molecule has 108 valence electrons. The number of halogens is 2. The van der Waals surface area contributed by atoms with E-state index in [-0.39, 0.29) is 24.4 Å². The van der Waals surface area contributed by atoms with Gasteiger partial charge in [-0.2, -0.15) is 0 Å². The van der Waals surface area contributed by atoms with Crippen molar-refractivity contribution in [3.63, 3.8) is 0 Å². The molecular weight excluding hydrogens is 268 g/mol. The summed E-state index contributed by atoms with van der Waals surface area (Å²) in [6, 6.07) is 3.63. The zero-order valence-electron chi connectivity index (χ0n) is 11.0. The lowest BCUT2D eigenvalue weighted by atomic mass is 10.1. The van der Waals surface area contributed by atoms with Crippen LogP contribution >= 0.6 is 0 Å². The molecule has 4 nitrogen and oxygen atoms in total.